The van der Waals surface area contributed by atoms with E-state index in [1.165, 1.54) is 0 Å². The van der Waals surface area contributed by atoms with Gasteiger partial charge in [-0.1, -0.05) is 5.16 Å². The minimum atomic E-state index is -2.81. The number of benzene rings is 1. The van der Waals surface area contributed by atoms with Crippen molar-refractivity contribution in [2.24, 2.45) is 4.99 Å². The monoisotopic (exact) mass is 394 g/mol. The standard InChI is InChI=1S/C18H24F2N6O2/c1-12-23-16(25-28-12)10-22-18(21-2)24-13-4-3-9-26(11-13)14-5-7-15(8-6-14)27-17(19)20/h5-8,13,17H,3-4,9-11H2,1-2H3,(H2,21,22,24). The molecule has 0 amide bonds. The van der Waals surface area contributed by atoms with Crippen LogP contribution in [-0.4, -0.2) is 48.9 Å². The van der Waals surface area contributed by atoms with E-state index < -0.39 is 6.61 Å². The minimum absolute atomic E-state index is 0.159. The SMILES string of the molecule is CN=C(NCc1noc(C)n1)NC1CCCN(c2ccc(OC(F)F)cc2)C1. The summed E-state index contributed by atoms with van der Waals surface area (Å²) in [5, 5.41) is 10.4. The zero-order valence-electron chi connectivity index (χ0n) is 15.9. The fraction of sp³-hybridized carbons (Fsp3) is 0.500. The van der Waals surface area contributed by atoms with Crippen LogP contribution in [-0.2, 0) is 6.54 Å². The quantitative estimate of drug-likeness (QED) is 0.574. The maximum Gasteiger partial charge on any atom is 0.387 e. The van der Waals surface area contributed by atoms with Crippen LogP contribution in [0.25, 0.3) is 0 Å². The minimum Gasteiger partial charge on any atom is -0.435 e. The fourth-order valence-corrected chi connectivity index (χ4v) is 3.13. The number of hydrogen-bond donors (Lipinski definition) is 2. The average molecular weight is 394 g/mol. The normalized spacial score (nSPS) is 17.7. The molecule has 1 fully saturated rings. The molecule has 1 aromatic carbocycles. The smallest absolute Gasteiger partial charge is 0.387 e. The van der Waals surface area contributed by atoms with Gasteiger partial charge in [0.1, 0.15) is 5.75 Å². The van der Waals surface area contributed by atoms with Gasteiger partial charge in [-0.3, -0.25) is 4.99 Å². The van der Waals surface area contributed by atoms with E-state index in [1.54, 1.807) is 38.2 Å². The fourth-order valence-electron chi connectivity index (χ4n) is 3.13. The molecular weight excluding hydrogens is 370 g/mol. The number of piperidine rings is 1. The van der Waals surface area contributed by atoms with Gasteiger partial charge in [-0.15, -0.1) is 0 Å². The van der Waals surface area contributed by atoms with E-state index in [9.17, 15) is 8.78 Å². The Bertz CT molecular complexity index is 781. The van der Waals surface area contributed by atoms with Crippen molar-refractivity contribution in [3.8, 4) is 5.75 Å². The van der Waals surface area contributed by atoms with Gasteiger partial charge in [-0.05, 0) is 37.1 Å². The highest BCUT2D eigenvalue weighted by atomic mass is 19.3. The lowest BCUT2D eigenvalue weighted by Gasteiger charge is -2.35. The van der Waals surface area contributed by atoms with E-state index >= 15 is 0 Å². The second-order valence-electron chi connectivity index (χ2n) is 6.46. The molecule has 0 saturated carbocycles. The molecule has 1 aliphatic rings. The molecule has 0 aliphatic carbocycles. The van der Waals surface area contributed by atoms with Crippen molar-refractivity contribution in [2.45, 2.75) is 39.0 Å². The molecule has 2 aromatic rings. The number of alkyl halides is 2. The highest BCUT2D eigenvalue weighted by Gasteiger charge is 2.21. The zero-order chi connectivity index (χ0) is 19.9. The highest BCUT2D eigenvalue weighted by molar-refractivity contribution is 5.80. The third-order valence-corrected chi connectivity index (χ3v) is 4.40. The van der Waals surface area contributed by atoms with Gasteiger partial charge >= 0.3 is 6.61 Å². The van der Waals surface area contributed by atoms with Crippen molar-refractivity contribution >= 4 is 11.6 Å². The number of guanidine groups is 1. The molecule has 1 aromatic heterocycles. The second kappa shape index (κ2) is 9.34. The lowest BCUT2D eigenvalue weighted by Crippen LogP contribution is -2.51. The number of hydrogen-bond acceptors (Lipinski definition) is 6. The largest absolute Gasteiger partial charge is 0.435 e. The molecule has 0 bridgehead atoms. The molecule has 0 spiro atoms. The van der Waals surface area contributed by atoms with Crippen molar-refractivity contribution in [1.82, 2.24) is 20.8 Å². The number of anilines is 1. The number of aromatic nitrogens is 2. The Morgan fingerprint density at radius 1 is 1.39 bits per heavy atom. The van der Waals surface area contributed by atoms with Gasteiger partial charge in [0.05, 0.1) is 6.54 Å². The van der Waals surface area contributed by atoms with Gasteiger partial charge in [0.2, 0.25) is 5.89 Å². The Hall–Kier alpha value is -2.91. The summed E-state index contributed by atoms with van der Waals surface area (Å²) >= 11 is 0. The Morgan fingerprint density at radius 3 is 2.82 bits per heavy atom. The van der Waals surface area contributed by atoms with Crippen molar-refractivity contribution in [2.75, 3.05) is 25.0 Å². The number of rotatable bonds is 6. The van der Waals surface area contributed by atoms with Crippen LogP contribution in [0.5, 0.6) is 5.75 Å². The van der Waals surface area contributed by atoms with E-state index in [2.05, 4.69) is 35.4 Å². The molecule has 8 nitrogen and oxygen atoms in total. The van der Waals surface area contributed by atoms with Gasteiger partial charge in [-0.25, -0.2) is 0 Å². The molecule has 1 atom stereocenters. The first-order chi connectivity index (χ1) is 13.5. The molecule has 2 N–H and O–H groups in total. The number of nitrogens with zero attached hydrogens (tertiary/aromatic N) is 4. The highest BCUT2D eigenvalue weighted by Crippen LogP contribution is 2.23. The molecule has 152 valence electrons. The van der Waals surface area contributed by atoms with E-state index in [1.807, 2.05) is 0 Å². The summed E-state index contributed by atoms with van der Waals surface area (Å²) in [4.78, 5) is 10.6. The summed E-state index contributed by atoms with van der Waals surface area (Å²) in [5.74, 6) is 1.91. The summed E-state index contributed by atoms with van der Waals surface area (Å²) in [6, 6.07) is 6.92. The van der Waals surface area contributed by atoms with Gasteiger partial charge in [-0.2, -0.15) is 13.8 Å². The third-order valence-electron chi connectivity index (χ3n) is 4.40. The van der Waals surface area contributed by atoms with Crippen LogP contribution in [0.15, 0.2) is 33.8 Å². The molecular formula is C18H24F2N6O2. The molecule has 1 saturated heterocycles. The van der Waals surface area contributed by atoms with Gasteiger partial charge in [0.15, 0.2) is 11.8 Å². The molecule has 0 radical (unpaired) electrons. The van der Waals surface area contributed by atoms with E-state index in [0.717, 1.165) is 31.6 Å². The predicted octanol–water partition coefficient (Wildman–Crippen LogP) is 2.31. The summed E-state index contributed by atoms with van der Waals surface area (Å²) in [5.41, 5.74) is 0.971. The van der Waals surface area contributed by atoms with Crippen molar-refractivity contribution < 1.29 is 18.0 Å². The van der Waals surface area contributed by atoms with Crippen molar-refractivity contribution in [3.05, 3.63) is 36.0 Å². The topological polar surface area (TPSA) is 87.8 Å². The van der Waals surface area contributed by atoms with E-state index in [4.69, 9.17) is 4.52 Å². The first kappa shape index (κ1) is 19.8. The van der Waals surface area contributed by atoms with Gasteiger partial charge in [0, 0.05) is 38.8 Å². The van der Waals surface area contributed by atoms with Crippen LogP contribution in [0.2, 0.25) is 0 Å². The van der Waals surface area contributed by atoms with Crippen molar-refractivity contribution in [1.29, 1.82) is 0 Å². The second-order valence-corrected chi connectivity index (χ2v) is 6.46. The maximum absolute atomic E-state index is 12.3. The van der Waals surface area contributed by atoms with E-state index in [0.29, 0.717) is 24.2 Å². The third kappa shape index (κ3) is 5.54. The predicted molar refractivity (Wildman–Crippen MR) is 101 cm³/mol. The molecule has 1 aliphatic heterocycles. The molecule has 2 heterocycles. The zero-order valence-corrected chi connectivity index (χ0v) is 15.9. The number of halogens is 2. The first-order valence-electron chi connectivity index (χ1n) is 9.09. The Labute approximate surface area is 162 Å². The number of ether oxygens (including phenoxy) is 1. The Kier molecular flexibility index (Phi) is 6.62. The van der Waals surface area contributed by atoms with E-state index in [-0.39, 0.29) is 11.8 Å². The van der Waals surface area contributed by atoms with Crippen LogP contribution >= 0.6 is 0 Å². The van der Waals surface area contributed by atoms with Crippen LogP contribution in [0, 0.1) is 6.92 Å². The van der Waals surface area contributed by atoms with Crippen LogP contribution in [0.3, 0.4) is 0 Å². The summed E-state index contributed by atoms with van der Waals surface area (Å²) in [6.07, 6.45) is 2.01. The van der Waals surface area contributed by atoms with Crippen LogP contribution in [0.1, 0.15) is 24.6 Å². The van der Waals surface area contributed by atoms with Crippen LogP contribution < -0.4 is 20.3 Å². The number of aryl methyl sites for hydroxylation is 1. The Balaban J connectivity index is 1.53. The average Bonchev–Trinajstić information content (AvgIpc) is 3.10. The maximum atomic E-state index is 12.3. The molecule has 10 heteroatoms. The summed E-state index contributed by atoms with van der Waals surface area (Å²) < 4.78 is 33.9. The van der Waals surface area contributed by atoms with Crippen molar-refractivity contribution in [3.63, 3.8) is 0 Å². The molecule has 1 unspecified atom stereocenters. The molecule has 28 heavy (non-hydrogen) atoms. The van der Waals surface area contributed by atoms with Gasteiger partial charge < -0.3 is 24.8 Å². The Morgan fingerprint density at radius 2 is 2.18 bits per heavy atom. The number of aliphatic imine (C=N–C) groups is 1. The lowest BCUT2D eigenvalue weighted by molar-refractivity contribution is -0.0498. The lowest BCUT2D eigenvalue weighted by atomic mass is 10.0. The van der Waals surface area contributed by atoms with Gasteiger partial charge in [0.25, 0.3) is 0 Å². The molecule has 3 rings (SSSR count). The summed E-state index contributed by atoms with van der Waals surface area (Å²) in [6.45, 7) is 1.02. The summed E-state index contributed by atoms with van der Waals surface area (Å²) in [7, 11) is 1.71. The number of nitrogens with one attached hydrogen (secondary N) is 2. The van der Waals surface area contributed by atoms with Crippen LogP contribution in [0.4, 0.5) is 14.5 Å². The first-order valence-corrected chi connectivity index (χ1v) is 9.09.